The van der Waals surface area contributed by atoms with Crippen LogP contribution < -0.4 is 0 Å². The number of likely N-dealkylation sites (tertiary alicyclic amines) is 1. The smallest absolute Gasteiger partial charge is 0.303 e. The predicted molar refractivity (Wildman–Crippen MR) is 97.5 cm³/mol. The van der Waals surface area contributed by atoms with Gasteiger partial charge in [0, 0.05) is 37.8 Å². The van der Waals surface area contributed by atoms with E-state index in [2.05, 4.69) is 24.8 Å². The molecule has 1 aromatic carbocycles. The van der Waals surface area contributed by atoms with Crippen LogP contribution in [0.3, 0.4) is 0 Å². The van der Waals surface area contributed by atoms with Crippen LogP contribution in [0.25, 0.3) is 11.0 Å². The van der Waals surface area contributed by atoms with E-state index in [-0.39, 0.29) is 18.3 Å². The Kier molecular flexibility index (Phi) is 4.71. The lowest BCUT2D eigenvalue weighted by atomic mass is 9.81. The first-order valence-electron chi connectivity index (χ1n) is 9.02. The highest BCUT2D eigenvalue weighted by Gasteiger charge is 2.31. The Hall–Kier alpha value is -2.67. The molecule has 3 N–H and O–H groups in total. The van der Waals surface area contributed by atoms with Crippen molar-refractivity contribution in [2.24, 2.45) is 11.8 Å². The first-order valence-corrected chi connectivity index (χ1v) is 9.02. The summed E-state index contributed by atoms with van der Waals surface area (Å²) in [4.78, 5) is 29.0. The van der Waals surface area contributed by atoms with E-state index < -0.39 is 5.97 Å². The van der Waals surface area contributed by atoms with Crippen molar-refractivity contribution in [1.29, 1.82) is 0 Å². The van der Waals surface area contributed by atoms with Gasteiger partial charge in [0.05, 0.1) is 17.4 Å². The molecule has 4 rings (SSSR count). The molecule has 7 nitrogen and oxygen atoms in total. The molecule has 0 aliphatic carbocycles. The molecule has 3 aromatic rings. The number of aliphatic carboxylic acids is 1. The Balaban J connectivity index is 1.50. The van der Waals surface area contributed by atoms with Gasteiger partial charge in [-0.1, -0.05) is 12.1 Å². The number of carboxylic acids is 1. The zero-order chi connectivity index (χ0) is 17.9. The molecule has 26 heavy (non-hydrogen) atoms. The summed E-state index contributed by atoms with van der Waals surface area (Å²) in [6.07, 6.45) is 5.43. The van der Waals surface area contributed by atoms with Gasteiger partial charge in [-0.25, -0.2) is 9.97 Å². The molecule has 0 spiro atoms. The van der Waals surface area contributed by atoms with E-state index in [0.717, 1.165) is 55.0 Å². The minimum Gasteiger partial charge on any atom is -0.481 e. The molecule has 1 fully saturated rings. The number of benzene rings is 1. The van der Waals surface area contributed by atoms with Crippen molar-refractivity contribution in [2.75, 3.05) is 13.1 Å². The number of aromatic amines is 2. The zero-order valence-corrected chi connectivity index (χ0v) is 14.6. The molecule has 0 bridgehead atoms. The molecular weight excluding hydrogens is 330 g/mol. The van der Waals surface area contributed by atoms with E-state index >= 15 is 0 Å². The molecule has 2 aromatic heterocycles. The van der Waals surface area contributed by atoms with Gasteiger partial charge < -0.3 is 15.1 Å². The lowest BCUT2D eigenvalue weighted by Crippen LogP contribution is -2.41. The Morgan fingerprint density at radius 3 is 2.96 bits per heavy atom. The summed E-state index contributed by atoms with van der Waals surface area (Å²) in [5, 5.41) is 9.29. The monoisotopic (exact) mass is 353 g/mol. The number of carboxylic acid groups (broad SMARTS) is 1. The van der Waals surface area contributed by atoms with Crippen molar-refractivity contribution >= 4 is 17.0 Å². The van der Waals surface area contributed by atoms with Gasteiger partial charge in [0.15, 0.2) is 0 Å². The van der Waals surface area contributed by atoms with Gasteiger partial charge in [-0.2, -0.15) is 0 Å². The van der Waals surface area contributed by atoms with E-state index in [9.17, 15) is 9.90 Å². The Morgan fingerprint density at radius 2 is 2.19 bits per heavy atom. The summed E-state index contributed by atoms with van der Waals surface area (Å²) in [6.45, 7) is 2.60. The molecule has 1 aliphatic rings. The van der Waals surface area contributed by atoms with Crippen LogP contribution >= 0.6 is 0 Å². The Morgan fingerprint density at radius 1 is 1.31 bits per heavy atom. The van der Waals surface area contributed by atoms with Crippen LogP contribution in [-0.2, 0) is 17.8 Å². The quantitative estimate of drug-likeness (QED) is 0.632. The van der Waals surface area contributed by atoms with E-state index in [1.807, 2.05) is 30.5 Å². The maximum Gasteiger partial charge on any atom is 0.303 e. The van der Waals surface area contributed by atoms with Crippen LogP contribution in [0, 0.1) is 11.8 Å². The lowest BCUT2D eigenvalue weighted by Gasteiger charge is -2.37. The minimum atomic E-state index is -0.716. The molecule has 2 atom stereocenters. The number of piperidine rings is 1. The highest BCUT2D eigenvalue weighted by molar-refractivity contribution is 5.74. The van der Waals surface area contributed by atoms with Gasteiger partial charge >= 0.3 is 5.97 Å². The predicted octanol–water partition coefficient (Wildman–Crippen LogP) is 2.44. The number of nitrogens with one attached hydrogen (secondary N) is 2. The van der Waals surface area contributed by atoms with E-state index in [1.165, 1.54) is 0 Å². The van der Waals surface area contributed by atoms with Crippen molar-refractivity contribution in [3.63, 3.8) is 0 Å². The van der Waals surface area contributed by atoms with Crippen molar-refractivity contribution in [3.8, 4) is 0 Å². The fraction of sp³-hybridized carbons (Fsp3) is 0.421. The largest absolute Gasteiger partial charge is 0.481 e. The van der Waals surface area contributed by atoms with E-state index in [0.29, 0.717) is 0 Å². The van der Waals surface area contributed by atoms with E-state index in [4.69, 9.17) is 0 Å². The van der Waals surface area contributed by atoms with Crippen LogP contribution in [0.5, 0.6) is 0 Å². The average molecular weight is 353 g/mol. The number of hydrogen-bond donors (Lipinski definition) is 3. The normalized spacial score (nSPS) is 21.2. The molecule has 0 saturated carbocycles. The molecule has 7 heteroatoms. The Bertz CT molecular complexity index is 840. The number of hydrogen-bond acceptors (Lipinski definition) is 4. The third-order valence-corrected chi connectivity index (χ3v) is 5.26. The summed E-state index contributed by atoms with van der Waals surface area (Å²) in [7, 11) is 0. The van der Waals surface area contributed by atoms with Gasteiger partial charge in [0.1, 0.15) is 5.82 Å². The second-order valence-corrected chi connectivity index (χ2v) is 7.12. The number of fused-ring (bicyclic) bond motifs is 1. The fourth-order valence-electron chi connectivity index (χ4n) is 3.99. The molecule has 3 heterocycles. The molecule has 0 amide bonds. The Labute approximate surface area is 151 Å². The summed E-state index contributed by atoms with van der Waals surface area (Å²) in [5.41, 5.74) is 3.08. The van der Waals surface area contributed by atoms with Crippen molar-refractivity contribution in [1.82, 2.24) is 24.8 Å². The average Bonchev–Trinajstić information content (AvgIpc) is 3.25. The SMILES string of the molecule is O=C(O)C[C@@H]1CCN(Cc2cnc[nH]2)C[C@@H]1Cc1nc2ccccc2[nH]1. The summed E-state index contributed by atoms with van der Waals surface area (Å²) in [6, 6.07) is 7.98. The lowest BCUT2D eigenvalue weighted by molar-refractivity contribution is -0.139. The number of rotatable bonds is 6. The van der Waals surface area contributed by atoms with Crippen LogP contribution in [-0.4, -0.2) is 49.0 Å². The maximum atomic E-state index is 11.3. The maximum absolute atomic E-state index is 11.3. The number of aromatic nitrogens is 4. The highest BCUT2D eigenvalue weighted by atomic mass is 16.4. The van der Waals surface area contributed by atoms with Gasteiger partial charge in [-0.05, 0) is 36.9 Å². The van der Waals surface area contributed by atoms with E-state index in [1.54, 1.807) is 6.33 Å². The number of nitrogens with zero attached hydrogens (tertiary/aromatic N) is 3. The fourth-order valence-corrected chi connectivity index (χ4v) is 3.99. The summed E-state index contributed by atoms with van der Waals surface area (Å²) in [5.74, 6) is 0.670. The second-order valence-electron chi connectivity index (χ2n) is 7.12. The first kappa shape index (κ1) is 16.8. The summed E-state index contributed by atoms with van der Waals surface area (Å²) < 4.78 is 0. The first-order chi connectivity index (χ1) is 12.7. The van der Waals surface area contributed by atoms with Gasteiger partial charge in [0.2, 0.25) is 0 Å². The molecule has 136 valence electrons. The van der Waals surface area contributed by atoms with Crippen molar-refractivity contribution in [3.05, 3.63) is 48.3 Å². The number of carbonyl (C=O) groups is 1. The molecule has 0 unspecified atom stereocenters. The number of imidazole rings is 2. The van der Waals surface area contributed by atoms with Crippen LogP contribution in [0.15, 0.2) is 36.8 Å². The molecule has 1 saturated heterocycles. The van der Waals surface area contributed by atoms with Crippen molar-refractivity contribution < 1.29 is 9.90 Å². The molecular formula is C19H23N5O2. The standard InChI is InChI=1S/C19H23N5O2/c25-19(26)8-13-5-6-24(11-15-9-20-12-21-15)10-14(13)7-18-22-16-3-1-2-4-17(16)23-18/h1-4,9,12-14H,5-8,10-11H2,(H,20,21)(H,22,23)(H,25,26)/t13-,14-/m0/s1. The zero-order valence-electron chi connectivity index (χ0n) is 14.6. The van der Waals surface area contributed by atoms with Crippen LogP contribution in [0.4, 0.5) is 0 Å². The second kappa shape index (κ2) is 7.29. The van der Waals surface area contributed by atoms with Gasteiger partial charge in [0.25, 0.3) is 0 Å². The van der Waals surface area contributed by atoms with Gasteiger partial charge in [-0.15, -0.1) is 0 Å². The van der Waals surface area contributed by atoms with Gasteiger partial charge in [-0.3, -0.25) is 9.69 Å². The summed E-state index contributed by atoms with van der Waals surface area (Å²) >= 11 is 0. The third kappa shape index (κ3) is 3.77. The topological polar surface area (TPSA) is 97.9 Å². The molecule has 1 aliphatic heterocycles. The van der Waals surface area contributed by atoms with Crippen LogP contribution in [0.2, 0.25) is 0 Å². The minimum absolute atomic E-state index is 0.179. The number of para-hydroxylation sites is 2. The molecule has 0 radical (unpaired) electrons. The van der Waals surface area contributed by atoms with Crippen LogP contribution in [0.1, 0.15) is 24.4 Å². The van der Waals surface area contributed by atoms with Crippen molar-refractivity contribution in [2.45, 2.75) is 25.8 Å². The highest BCUT2D eigenvalue weighted by Crippen LogP contribution is 2.30. The number of H-pyrrole nitrogens is 2. The third-order valence-electron chi connectivity index (χ3n) is 5.26.